The van der Waals surface area contributed by atoms with E-state index in [0.29, 0.717) is 54.3 Å². The Morgan fingerprint density at radius 1 is 0.542 bits per heavy atom. The van der Waals surface area contributed by atoms with E-state index in [9.17, 15) is 23.6 Å². The van der Waals surface area contributed by atoms with E-state index in [2.05, 4.69) is 116 Å². The summed E-state index contributed by atoms with van der Waals surface area (Å²) in [7, 11) is 3.50. The standard InChI is InChI=1S/C13H13BrN2O2.C12H10BrFN2O.C12H11BrN2O.C11H10BrN3O.C10H16N4S.C9H14N4S/c1-9-7-16(8-15-9)11-4-3-10(12(17)6-14)5-13(11)18-2;1-8-6-16(7-15-8)11-3-2-9(4-10(11)14)12(17)5-13;1-9-7-15(8-14-9)11-4-2-10(3-5-11)12(16)6-13;1-8-6-15(7-14-8)11-3-2-9(5-13-11)10(16)4-12;1-2-14-9(12-10(11)15)7-5-3-4-6-8(7)13-14;1-13-8(11-9(10)14)6-4-2-3-5-7(6)12-13/h3-5,7-8H,6H2,1-2H3;2-4,6-7H,5H2,1H3;2-5,7-8H,6H2,1H3;2-3,5-7H,4H2,1H3;2-6H2,1H3,(H3,11,12,15);2-5H2,1H3,(H3,10,11,14). The van der Waals surface area contributed by atoms with E-state index in [-0.39, 0.29) is 28.5 Å². The van der Waals surface area contributed by atoms with Crippen LogP contribution >= 0.6 is 88.2 Å². The zero-order valence-corrected chi connectivity index (χ0v) is 62.0. The van der Waals surface area contributed by atoms with Gasteiger partial charge in [0.1, 0.15) is 35.3 Å². The minimum Gasteiger partial charge on any atom is -0.495 e. The summed E-state index contributed by atoms with van der Waals surface area (Å²) in [6, 6.07) is 20.9. The maximum atomic E-state index is 13.8. The first-order chi connectivity index (χ1) is 46.1. The van der Waals surface area contributed by atoms with Crippen LogP contribution in [0.2, 0.25) is 0 Å². The highest BCUT2D eigenvalue weighted by Crippen LogP contribution is 2.30. The lowest BCUT2D eigenvalue weighted by Gasteiger charge is -2.12. The van der Waals surface area contributed by atoms with Gasteiger partial charge in [-0.3, -0.25) is 28.4 Å². The number of ether oxygens (including phenoxy) is 1. The molecule has 2 aliphatic carbocycles. The van der Waals surface area contributed by atoms with Crippen LogP contribution in [0.15, 0.2) is 129 Å². The molecule has 504 valence electrons. The fourth-order valence-corrected chi connectivity index (χ4v) is 11.5. The van der Waals surface area contributed by atoms with Crippen molar-refractivity contribution >= 4 is 133 Å². The number of alkyl halides is 4. The SMILES string of the molecule is CCn1nc2c(c1NC(N)=S)CCCC2.COc1cc(C(=O)CBr)ccc1-n1cnc(C)c1.Cc1cn(-c2ccc(C(=O)CBr)cc2)cn1.Cc1cn(-c2ccc(C(=O)CBr)cc2F)cn1.Cc1cn(-c2ccc(C(=O)CBr)cn2)cn1.Cn1nc2c(c1NC(N)=S)CCCC2. The first-order valence-electron chi connectivity index (χ1n) is 30.3. The zero-order chi connectivity index (χ0) is 69.6. The van der Waals surface area contributed by atoms with Gasteiger partial charge >= 0.3 is 0 Å². The highest BCUT2D eigenvalue weighted by molar-refractivity contribution is 9.10. The van der Waals surface area contributed by atoms with Gasteiger partial charge in [-0.25, -0.2) is 34.0 Å². The van der Waals surface area contributed by atoms with Crippen LogP contribution in [0, 0.1) is 33.5 Å². The number of ketones is 4. The van der Waals surface area contributed by atoms with Crippen molar-refractivity contribution < 1.29 is 28.3 Å². The lowest BCUT2D eigenvalue weighted by Crippen LogP contribution is -2.22. The number of carbonyl (C=O) groups excluding carboxylic acids is 4. The predicted octanol–water partition coefficient (Wildman–Crippen LogP) is 13.0. The molecule has 0 aliphatic heterocycles. The summed E-state index contributed by atoms with van der Waals surface area (Å²) in [4.78, 5) is 66.4. The molecule has 0 saturated carbocycles. The van der Waals surface area contributed by atoms with Crippen LogP contribution in [-0.2, 0) is 39.3 Å². The van der Waals surface area contributed by atoms with Crippen LogP contribution < -0.4 is 26.8 Å². The Hall–Kier alpha value is -8.22. The Kier molecular flexibility index (Phi) is 28.8. The molecule has 2 aliphatic rings. The summed E-state index contributed by atoms with van der Waals surface area (Å²) in [5, 5.41) is 16.8. The molecule has 0 atom stereocenters. The molecule has 7 aromatic heterocycles. The number of imidazole rings is 4. The van der Waals surface area contributed by atoms with Crippen molar-refractivity contribution in [2.24, 2.45) is 18.5 Å². The van der Waals surface area contributed by atoms with Crippen molar-refractivity contribution in [2.75, 3.05) is 39.1 Å². The number of hydrogen-bond acceptors (Lipinski definition) is 14. The Morgan fingerprint density at radius 2 is 0.969 bits per heavy atom. The first-order valence-corrected chi connectivity index (χ1v) is 35.6. The number of halogens is 5. The van der Waals surface area contributed by atoms with Gasteiger partial charge in [0.2, 0.25) is 0 Å². The van der Waals surface area contributed by atoms with Gasteiger partial charge in [0, 0.05) is 83.6 Å². The predicted molar refractivity (Wildman–Crippen MR) is 395 cm³/mol. The number of aryl methyl sites for hydroxylation is 8. The molecule has 6 N–H and O–H groups in total. The molecule has 22 nitrogen and oxygen atoms in total. The second-order valence-electron chi connectivity index (χ2n) is 21.8. The van der Waals surface area contributed by atoms with E-state index < -0.39 is 5.82 Å². The van der Waals surface area contributed by atoms with Gasteiger partial charge in [-0.05, 0) is 183 Å². The average molecular weight is 1600 g/mol. The Labute approximate surface area is 600 Å². The zero-order valence-electron chi connectivity index (χ0n) is 54.0. The van der Waals surface area contributed by atoms with Crippen LogP contribution in [-0.4, -0.2) is 125 Å². The molecule has 7 heterocycles. The Balaban J connectivity index is 0.000000163. The Bertz CT molecular complexity index is 4220. The van der Waals surface area contributed by atoms with E-state index in [0.717, 1.165) is 89.4 Å². The van der Waals surface area contributed by atoms with E-state index in [4.69, 9.17) is 40.6 Å². The fraction of sp³-hybridized carbons (Fsp3) is 0.299. The fourth-order valence-electron chi connectivity index (χ4n) is 10.0. The molecule has 0 amide bonds. The summed E-state index contributed by atoms with van der Waals surface area (Å²) < 4.78 is 30.1. The van der Waals surface area contributed by atoms with Gasteiger partial charge in [-0.1, -0.05) is 63.7 Å². The van der Waals surface area contributed by atoms with Gasteiger partial charge in [0.05, 0.1) is 93.0 Å². The second-order valence-corrected chi connectivity index (χ2v) is 24.9. The largest absolute Gasteiger partial charge is 0.495 e. The van der Waals surface area contributed by atoms with Crippen LogP contribution in [0.25, 0.3) is 22.9 Å². The number of thiocarbonyl (C=S) groups is 2. The number of benzene rings is 3. The molecule has 12 rings (SSSR count). The highest BCUT2D eigenvalue weighted by Gasteiger charge is 2.22. The lowest BCUT2D eigenvalue weighted by molar-refractivity contribution is 0.101. The maximum Gasteiger partial charge on any atom is 0.174 e. The summed E-state index contributed by atoms with van der Waals surface area (Å²) in [5.41, 5.74) is 24.2. The molecule has 96 heavy (non-hydrogen) atoms. The molecular formula is C67H74Br4FN17O5S2. The van der Waals surface area contributed by atoms with Crippen LogP contribution in [0.4, 0.5) is 16.0 Å². The topological polar surface area (TPSA) is 273 Å². The lowest BCUT2D eigenvalue weighted by atomic mass is 9.97. The number of nitrogens with two attached hydrogens (primary N) is 2. The number of anilines is 2. The summed E-state index contributed by atoms with van der Waals surface area (Å²) in [6.07, 6.45) is 25.0. The van der Waals surface area contributed by atoms with Gasteiger partial charge in [0.15, 0.2) is 33.4 Å². The number of carbonyl (C=O) groups is 4. The molecule has 0 bridgehead atoms. The third-order valence-corrected chi connectivity index (χ3v) is 17.0. The van der Waals surface area contributed by atoms with Gasteiger partial charge < -0.3 is 40.5 Å². The van der Waals surface area contributed by atoms with Crippen molar-refractivity contribution in [1.29, 1.82) is 0 Å². The van der Waals surface area contributed by atoms with Crippen molar-refractivity contribution in [1.82, 2.24) is 62.7 Å². The van der Waals surface area contributed by atoms with E-state index in [1.54, 1.807) is 85.8 Å². The number of rotatable bonds is 16. The number of fused-ring (bicyclic) bond motifs is 2. The number of Topliss-reactive ketones (excluding diaryl/α,β-unsaturated/α-hetero) is 4. The average Bonchev–Trinajstić information content (AvgIpc) is 1.85. The van der Waals surface area contributed by atoms with Crippen molar-refractivity contribution in [3.05, 3.63) is 202 Å². The van der Waals surface area contributed by atoms with Gasteiger partial charge in [-0.15, -0.1) is 0 Å². The number of methoxy groups -OCH3 is 1. The van der Waals surface area contributed by atoms with Crippen molar-refractivity contribution in [3.63, 3.8) is 0 Å². The summed E-state index contributed by atoms with van der Waals surface area (Å²) >= 11 is 22.2. The summed E-state index contributed by atoms with van der Waals surface area (Å²) in [6.45, 7) is 10.5. The molecule has 3 aromatic carbocycles. The number of pyridine rings is 1. The number of hydrogen-bond donors (Lipinski definition) is 4. The van der Waals surface area contributed by atoms with Crippen LogP contribution in [0.1, 0.15) is 119 Å². The molecule has 0 unspecified atom stereocenters. The van der Waals surface area contributed by atoms with Crippen LogP contribution in [0.5, 0.6) is 5.75 Å². The second kappa shape index (κ2) is 36.8. The van der Waals surface area contributed by atoms with Gasteiger partial charge in [0.25, 0.3) is 0 Å². The van der Waals surface area contributed by atoms with Crippen LogP contribution in [0.3, 0.4) is 0 Å². The number of aromatic nitrogens is 13. The monoisotopic (exact) mass is 1600 g/mol. The number of nitrogens with one attached hydrogen (secondary N) is 2. The molecule has 10 aromatic rings. The van der Waals surface area contributed by atoms with Gasteiger partial charge in [-0.2, -0.15) is 10.2 Å². The molecule has 0 spiro atoms. The summed E-state index contributed by atoms with van der Waals surface area (Å²) in [5.74, 6) is 2.94. The van der Waals surface area contributed by atoms with E-state index >= 15 is 0 Å². The van der Waals surface area contributed by atoms with Crippen molar-refractivity contribution in [2.45, 2.75) is 92.5 Å². The van der Waals surface area contributed by atoms with Crippen molar-refractivity contribution in [3.8, 4) is 28.6 Å². The molecule has 0 radical (unpaired) electrons. The third kappa shape index (κ3) is 20.9. The third-order valence-electron chi connectivity index (χ3n) is 14.8. The normalized spacial score (nSPS) is 11.8. The van der Waals surface area contributed by atoms with E-state index in [1.807, 2.05) is 107 Å². The first kappa shape index (κ1) is 75.2. The minimum absolute atomic E-state index is 0.0286. The highest BCUT2D eigenvalue weighted by atomic mass is 79.9. The van der Waals surface area contributed by atoms with E-state index in [1.165, 1.54) is 54.3 Å². The molecule has 0 saturated heterocycles. The quantitative estimate of drug-likeness (QED) is 0.0397. The molecule has 29 heteroatoms. The maximum absolute atomic E-state index is 13.8. The smallest absolute Gasteiger partial charge is 0.174 e. The minimum atomic E-state index is -0.436. The Morgan fingerprint density at radius 3 is 1.44 bits per heavy atom. The molecular weight excluding hydrogens is 1530 g/mol. The number of nitrogens with zero attached hydrogens (tertiary/aromatic N) is 13. The molecule has 0 fully saturated rings.